The highest BCUT2D eigenvalue weighted by atomic mass is 35.5. The number of anilines is 1. The molecule has 0 unspecified atom stereocenters. The van der Waals surface area contributed by atoms with Crippen molar-refractivity contribution in [2.24, 2.45) is 0 Å². The van der Waals surface area contributed by atoms with Crippen LogP contribution in [-0.2, 0) is 23.0 Å². The van der Waals surface area contributed by atoms with Crippen LogP contribution in [-0.4, -0.2) is 70.5 Å². The number of halogens is 2. The molecule has 0 aliphatic carbocycles. The Labute approximate surface area is 232 Å². The molecule has 0 aromatic heterocycles. The van der Waals surface area contributed by atoms with Gasteiger partial charge >= 0.3 is 0 Å². The van der Waals surface area contributed by atoms with Gasteiger partial charge in [0.15, 0.2) is 11.5 Å². The fourth-order valence-corrected chi connectivity index (χ4v) is 6.97. The zero-order valence-corrected chi connectivity index (χ0v) is 23.3. The highest BCUT2D eigenvalue weighted by molar-refractivity contribution is 7.89. The Hall–Kier alpha value is -3.34. The predicted molar refractivity (Wildman–Crippen MR) is 147 cm³/mol. The van der Waals surface area contributed by atoms with Gasteiger partial charge in [-0.3, -0.25) is 4.79 Å². The lowest BCUT2D eigenvalue weighted by molar-refractivity contribution is 0.0734. The smallest absolute Gasteiger partial charge is 0.254 e. The average Bonchev–Trinajstić information content (AvgIpc) is 2.96. The Morgan fingerprint density at radius 2 is 1.51 bits per heavy atom. The summed E-state index contributed by atoms with van der Waals surface area (Å²) in [5.74, 6) is 0.634. The van der Waals surface area contributed by atoms with Crippen molar-refractivity contribution in [3.8, 4) is 11.5 Å². The number of hydrogen-bond acceptors (Lipinski definition) is 6. The number of rotatable bonds is 6. The van der Waals surface area contributed by atoms with Crippen LogP contribution in [0.25, 0.3) is 0 Å². The number of hydrogen-bond donors (Lipinski definition) is 0. The molecule has 3 aromatic carbocycles. The maximum atomic E-state index is 13.6. The van der Waals surface area contributed by atoms with Crippen LogP contribution in [0.5, 0.6) is 11.5 Å². The molecule has 0 spiro atoms. The molecule has 1 fully saturated rings. The molecule has 11 heteroatoms. The molecule has 2 heterocycles. The Kier molecular flexibility index (Phi) is 7.70. The summed E-state index contributed by atoms with van der Waals surface area (Å²) in [7, 11) is -0.796. The predicted octanol–water partition coefficient (Wildman–Crippen LogP) is 4.21. The summed E-state index contributed by atoms with van der Waals surface area (Å²) in [5, 5.41) is 0.0633. The minimum absolute atomic E-state index is 0.0633. The molecule has 0 N–H and O–H groups in total. The number of sulfonamides is 1. The van der Waals surface area contributed by atoms with Gasteiger partial charge in [0, 0.05) is 50.5 Å². The standard InChI is InChI=1S/C28H29ClFN3O5S/c1-37-25-15-19-9-10-32(18-21(19)16-26(25)38-2)28(34)20-3-8-24(29)27(17-20)39(35,36)33-13-11-31(12-14-33)23-6-4-22(30)5-7-23/h3-8,15-17H,9-14,18H2,1-2H3. The number of carbonyl (C=O) groups excluding carboxylic acids is 1. The van der Waals surface area contributed by atoms with Crippen LogP contribution in [0.1, 0.15) is 21.5 Å². The van der Waals surface area contributed by atoms with E-state index in [0.717, 1.165) is 16.8 Å². The van der Waals surface area contributed by atoms with E-state index >= 15 is 0 Å². The Balaban J connectivity index is 1.33. The minimum Gasteiger partial charge on any atom is -0.493 e. The Morgan fingerprint density at radius 3 is 2.15 bits per heavy atom. The number of amides is 1. The van der Waals surface area contributed by atoms with Crippen LogP contribution in [0.3, 0.4) is 0 Å². The molecule has 206 valence electrons. The number of ether oxygens (including phenoxy) is 2. The van der Waals surface area contributed by atoms with Gasteiger partial charge < -0.3 is 19.3 Å². The van der Waals surface area contributed by atoms with Gasteiger partial charge in [-0.05, 0) is 72.1 Å². The fraction of sp³-hybridized carbons (Fsp3) is 0.321. The molecule has 0 atom stereocenters. The van der Waals surface area contributed by atoms with E-state index < -0.39 is 10.0 Å². The molecule has 0 saturated carbocycles. The van der Waals surface area contributed by atoms with E-state index in [-0.39, 0.29) is 40.3 Å². The summed E-state index contributed by atoms with van der Waals surface area (Å²) in [4.78, 5) is 17.1. The van der Waals surface area contributed by atoms with Gasteiger partial charge in [0.25, 0.3) is 5.91 Å². The molecule has 39 heavy (non-hydrogen) atoms. The monoisotopic (exact) mass is 573 g/mol. The van der Waals surface area contributed by atoms with Crippen LogP contribution in [0.2, 0.25) is 5.02 Å². The molecule has 0 bridgehead atoms. The second-order valence-electron chi connectivity index (χ2n) is 9.47. The number of carbonyl (C=O) groups is 1. The first-order valence-electron chi connectivity index (χ1n) is 12.5. The molecule has 3 aromatic rings. The van der Waals surface area contributed by atoms with Crippen molar-refractivity contribution in [3.05, 3.63) is 82.1 Å². The van der Waals surface area contributed by atoms with Crippen molar-refractivity contribution >= 4 is 33.2 Å². The van der Waals surface area contributed by atoms with Crippen LogP contribution in [0, 0.1) is 5.82 Å². The number of piperazine rings is 1. The second-order valence-corrected chi connectivity index (χ2v) is 11.8. The summed E-state index contributed by atoms with van der Waals surface area (Å²) in [6, 6.07) is 14.3. The van der Waals surface area contributed by atoms with Crippen molar-refractivity contribution in [1.82, 2.24) is 9.21 Å². The van der Waals surface area contributed by atoms with Gasteiger partial charge in [0.05, 0.1) is 19.2 Å². The van der Waals surface area contributed by atoms with Crippen LogP contribution < -0.4 is 14.4 Å². The van der Waals surface area contributed by atoms with Gasteiger partial charge in [0.2, 0.25) is 10.0 Å². The van der Waals surface area contributed by atoms with Gasteiger partial charge in [-0.25, -0.2) is 12.8 Å². The highest BCUT2D eigenvalue weighted by Gasteiger charge is 2.32. The van der Waals surface area contributed by atoms with E-state index in [9.17, 15) is 17.6 Å². The summed E-state index contributed by atoms with van der Waals surface area (Å²) in [6.45, 7) is 2.22. The first kappa shape index (κ1) is 27.2. The molecule has 8 nitrogen and oxygen atoms in total. The molecule has 5 rings (SSSR count). The average molecular weight is 574 g/mol. The quantitative estimate of drug-likeness (QED) is 0.440. The first-order chi connectivity index (χ1) is 18.7. The molecular weight excluding hydrogens is 545 g/mol. The van der Waals surface area contributed by atoms with E-state index in [4.69, 9.17) is 21.1 Å². The number of nitrogens with zero attached hydrogens (tertiary/aromatic N) is 3. The summed E-state index contributed by atoms with van der Waals surface area (Å²) in [6.07, 6.45) is 0.637. The zero-order chi connectivity index (χ0) is 27.7. The number of fused-ring (bicyclic) bond motifs is 1. The SMILES string of the molecule is COc1cc2c(cc1OC)CN(C(=O)c1ccc(Cl)c(S(=O)(=O)N3CCN(c4ccc(F)cc4)CC3)c1)CC2. The Bertz CT molecular complexity index is 1490. The fourth-order valence-electron chi connectivity index (χ4n) is 5.05. The molecule has 1 amide bonds. The van der Waals surface area contributed by atoms with Gasteiger partial charge in [-0.1, -0.05) is 11.6 Å². The largest absolute Gasteiger partial charge is 0.493 e. The maximum Gasteiger partial charge on any atom is 0.254 e. The lowest BCUT2D eigenvalue weighted by Gasteiger charge is -2.35. The molecule has 2 aliphatic rings. The van der Waals surface area contributed by atoms with E-state index in [1.807, 2.05) is 17.0 Å². The maximum absolute atomic E-state index is 13.6. The van der Waals surface area contributed by atoms with E-state index in [1.54, 1.807) is 37.3 Å². The number of methoxy groups -OCH3 is 2. The van der Waals surface area contributed by atoms with Crippen molar-refractivity contribution in [1.29, 1.82) is 0 Å². The van der Waals surface area contributed by atoms with Crippen LogP contribution >= 0.6 is 11.6 Å². The third kappa shape index (κ3) is 5.41. The first-order valence-corrected chi connectivity index (χ1v) is 14.4. The number of benzene rings is 3. The van der Waals surface area contributed by atoms with Crippen molar-refractivity contribution in [2.75, 3.05) is 51.8 Å². The van der Waals surface area contributed by atoms with E-state index in [2.05, 4.69) is 0 Å². The molecule has 1 saturated heterocycles. The summed E-state index contributed by atoms with van der Waals surface area (Å²) < 4.78 is 52.6. The van der Waals surface area contributed by atoms with E-state index in [0.29, 0.717) is 44.1 Å². The summed E-state index contributed by atoms with van der Waals surface area (Å²) >= 11 is 6.36. The van der Waals surface area contributed by atoms with Crippen LogP contribution in [0.15, 0.2) is 59.5 Å². The van der Waals surface area contributed by atoms with E-state index in [1.165, 1.54) is 28.6 Å². The van der Waals surface area contributed by atoms with Gasteiger partial charge in [-0.2, -0.15) is 4.31 Å². The van der Waals surface area contributed by atoms with Crippen molar-refractivity contribution < 1.29 is 27.1 Å². The second kappa shape index (κ2) is 11.0. The van der Waals surface area contributed by atoms with Crippen molar-refractivity contribution in [2.45, 2.75) is 17.9 Å². The van der Waals surface area contributed by atoms with Crippen molar-refractivity contribution in [3.63, 3.8) is 0 Å². The lowest BCUT2D eigenvalue weighted by Crippen LogP contribution is -2.48. The third-order valence-corrected chi connectivity index (χ3v) is 9.61. The topological polar surface area (TPSA) is 79.4 Å². The zero-order valence-electron chi connectivity index (χ0n) is 21.7. The molecule has 0 radical (unpaired) electrons. The van der Waals surface area contributed by atoms with Gasteiger partial charge in [0.1, 0.15) is 10.7 Å². The summed E-state index contributed by atoms with van der Waals surface area (Å²) in [5.41, 5.74) is 3.12. The normalized spacial score (nSPS) is 16.1. The highest BCUT2D eigenvalue weighted by Crippen LogP contribution is 2.34. The third-order valence-electron chi connectivity index (χ3n) is 7.23. The van der Waals surface area contributed by atoms with Crippen LogP contribution in [0.4, 0.5) is 10.1 Å². The van der Waals surface area contributed by atoms with Gasteiger partial charge in [-0.15, -0.1) is 0 Å². The molecular formula is C28H29ClFN3O5S. The molecule has 2 aliphatic heterocycles. The minimum atomic E-state index is -3.94. The Morgan fingerprint density at radius 1 is 0.872 bits per heavy atom. The lowest BCUT2D eigenvalue weighted by atomic mass is 9.98.